The van der Waals surface area contributed by atoms with E-state index in [2.05, 4.69) is 4.98 Å². The van der Waals surface area contributed by atoms with Crippen molar-refractivity contribution >= 4 is 11.6 Å². The number of phenolic OH excluding ortho intramolecular Hbond substituents is 1. The van der Waals surface area contributed by atoms with E-state index in [-0.39, 0.29) is 11.6 Å². The van der Waals surface area contributed by atoms with Gasteiger partial charge in [0.1, 0.15) is 5.75 Å². The minimum absolute atomic E-state index is 0.162. The molecule has 5 nitrogen and oxygen atoms in total. The maximum Gasteiger partial charge on any atom is 0.333 e. The van der Waals surface area contributed by atoms with E-state index in [1.54, 1.807) is 48.5 Å². The van der Waals surface area contributed by atoms with Crippen molar-refractivity contribution in [3.05, 3.63) is 75.3 Å². The Bertz CT molecular complexity index is 866. The van der Waals surface area contributed by atoms with Crippen molar-refractivity contribution < 1.29 is 10.2 Å². The summed E-state index contributed by atoms with van der Waals surface area (Å²) in [5, 5.41) is 20.0. The molecule has 0 spiro atoms. The molecule has 0 radical (unpaired) electrons. The third kappa shape index (κ3) is 2.58. The molecular weight excluding hydrogens is 304 g/mol. The number of hydrogen-bond donors (Lipinski definition) is 3. The Morgan fingerprint density at radius 2 is 1.73 bits per heavy atom. The number of nitrogens with one attached hydrogen (secondary N) is 1. The summed E-state index contributed by atoms with van der Waals surface area (Å²) in [5.41, 5.74) is 1.19. The molecular formula is C16H13ClN2O3. The number of nitrogens with zero attached hydrogens (tertiary/aromatic N) is 1. The highest BCUT2D eigenvalue weighted by atomic mass is 35.5. The Labute approximate surface area is 131 Å². The van der Waals surface area contributed by atoms with Crippen LogP contribution >= 0.6 is 11.6 Å². The maximum absolute atomic E-state index is 12.1. The number of benzene rings is 2. The Morgan fingerprint density at radius 3 is 2.41 bits per heavy atom. The summed E-state index contributed by atoms with van der Waals surface area (Å²) >= 11 is 6.08. The second kappa shape index (κ2) is 5.61. The van der Waals surface area contributed by atoms with Crippen LogP contribution in [0.2, 0.25) is 5.02 Å². The average molecular weight is 317 g/mol. The summed E-state index contributed by atoms with van der Waals surface area (Å²) < 4.78 is 1.14. The van der Waals surface area contributed by atoms with Crippen LogP contribution in [-0.4, -0.2) is 19.8 Å². The van der Waals surface area contributed by atoms with Crippen molar-refractivity contribution in [2.45, 2.75) is 6.42 Å². The zero-order chi connectivity index (χ0) is 15.7. The van der Waals surface area contributed by atoms with Gasteiger partial charge in [0.2, 0.25) is 5.88 Å². The first kappa shape index (κ1) is 14.3. The van der Waals surface area contributed by atoms with Gasteiger partial charge in [-0.05, 0) is 29.8 Å². The van der Waals surface area contributed by atoms with Crippen LogP contribution in [0.25, 0.3) is 5.69 Å². The third-order valence-corrected chi connectivity index (χ3v) is 3.67. The number of aromatic amines is 1. The lowest BCUT2D eigenvalue weighted by Gasteiger charge is -2.06. The highest BCUT2D eigenvalue weighted by Crippen LogP contribution is 2.25. The molecule has 112 valence electrons. The first-order valence-corrected chi connectivity index (χ1v) is 6.99. The van der Waals surface area contributed by atoms with Gasteiger partial charge in [-0.3, -0.25) is 0 Å². The molecule has 3 N–H and O–H groups in total. The average Bonchev–Trinajstić information content (AvgIpc) is 2.77. The first-order chi connectivity index (χ1) is 10.6. The van der Waals surface area contributed by atoms with Gasteiger partial charge in [-0.2, -0.15) is 0 Å². The molecule has 0 atom stereocenters. The van der Waals surface area contributed by atoms with Crippen molar-refractivity contribution in [3.63, 3.8) is 0 Å². The number of rotatable bonds is 3. The van der Waals surface area contributed by atoms with Crippen molar-refractivity contribution in [1.82, 2.24) is 9.55 Å². The molecule has 3 rings (SSSR count). The van der Waals surface area contributed by atoms with Gasteiger partial charge in [0.05, 0.1) is 16.4 Å². The van der Waals surface area contributed by atoms with Crippen LogP contribution < -0.4 is 5.69 Å². The van der Waals surface area contributed by atoms with Crippen LogP contribution in [0.1, 0.15) is 11.3 Å². The lowest BCUT2D eigenvalue weighted by Crippen LogP contribution is -2.14. The Kier molecular flexibility index (Phi) is 3.65. The molecule has 0 aliphatic heterocycles. The second-order valence-corrected chi connectivity index (χ2v) is 5.27. The molecule has 2 aromatic carbocycles. The second-order valence-electron chi connectivity index (χ2n) is 4.86. The summed E-state index contributed by atoms with van der Waals surface area (Å²) in [7, 11) is 0. The Hall–Kier alpha value is -2.66. The van der Waals surface area contributed by atoms with E-state index in [0.29, 0.717) is 22.8 Å². The molecule has 0 aliphatic rings. The van der Waals surface area contributed by atoms with Crippen molar-refractivity contribution in [2.75, 3.05) is 0 Å². The Balaban J connectivity index is 2.02. The molecule has 0 amide bonds. The maximum atomic E-state index is 12.1. The number of phenols is 1. The van der Waals surface area contributed by atoms with Gasteiger partial charge in [0.25, 0.3) is 0 Å². The monoisotopic (exact) mass is 316 g/mol. The molecule has 0 fully saturated rings. The number of aromatic nitrogens is 2. The zero-order valence-corrected chi connectivity index (χ0v) is 12.2. The molecule has 0 aliphatic carbocycles. The fourth-order valence-corrected chi connectivity index (χ4v) is 2.49. The molecule has 1 heterocycles. The van der Waals surface area contributed by atoms with Gasteiger partial charge >= 0.3 is 5.69 Å². The molecule has 1 aromatic heterocycles. The van der Waals surface area contributed by atoms with Crippen LogP contribution in [0.15, 0.2) is 53.3 Å². The van der Waals surface area contributed by atoms with Gasteiger partial charge in [-0.15, -0.1) is 0 Å². The lowest BCUT2D eigenvalue weighted by molar-refractivity contribution is 0.435. The molecule has 0 unspecified atom stereocenters. The van der Waals surface area contributed by atoms with Crippen molar-refractivity contribution in [3.8, 4) is 17.3 Å². The fourth-order valence-electron chi connectivity index (χ4n) is 2.27. The quantitative estimate of drug-likeness (QED) is 0.695. The molecule has 0 bridgehead atoms. The van der Waals surface area contributed by atoms with Crippen LogP contribution in [0.4, 0.5) is 0 Å². The van der Waals surface area contributed by atoms with Gasteiger partial charge in [-0.1, -0.05) is 35.9 Å². The van der Waals surface area contributed by atoms with Crippen LogP contribution in [-0.2, 0) is 6.42 Å². The smallest absolute Gasteiger partial charge is 0.333 e. The summed E-state index contributed by atoms with van der Waals surface area (Å²) in [6, 6.07) is 13.3. The number of halogens is 1. The third-order valence-electron chi connectivity index (χ3n) is 3.35. The van der Waals surface area contributed by atoms with E-state index in [1.165, 1.54) is 0 Å². The summed E-state index contributed by atoms with van der Waals surface area (Å²) in [4.78, 5) is 14.7. The standard InChI is InChI=1S/C16H13ClN2O3/c17-12-3-1-2-4-14(12)19-15(21)13(18-16(19)22)9-10-5-7-11(20)8-6-10/h1-8,20-21H,9H2,(H,18,22). The Morgan fingerprint density at radius 1 is 1.05 bits per heavy atom. The van der Waals surface area contributed by atoms with E-state index in [9.17, 15) is 15.0 Å². The predicted octanol–water partition coefficient (Wildman–Crippen LogP) is 2.82. The summed E-state index contributed by atoms with van der Waals surface area (Å²) in [6.45, 7) is 0. The van der Waals surface area contributed by atoms with Gasteiger partial charge in [0.15, 0.2) is 0 Å². The van der Waals surface area contributed by atoms with Crippen molar-refractivity contribution in [1.29, 1.82) is 0 Å². The predicted molar refractivity (Wildman–Crippen MR) is 84.0 cm³/mol. The molecule has 3 aromatic rings. The van der Waals surface area contributed by atoms with Gasteiger partial charge in [0, 0.05) is 6.42 Å². The zero-order valence-electron chi connectivity index (χ0n) is 11.5. The minimum Gasteiger partial charge on any atom is -0.508 e. The molecule has 22 heavy (non-hydrogen) atoms. The topological polar surface area (TPSA) is 78.2 Å². The summed E-state index contributed by atoms with van der Waals surface area (Å²) in [6.07, 6.45) is 0.332. The number of hydrogen-bond acceptors (Lipinski definition) is 3. The van der Waals surface area contributed by atoms with Gasteiger partial charge < -0.3 is 15.2 Å². The van der Waals surface area contributed by atoms with E-state index in [1.807, 2.05) is 0 Å². The number of H-pyrrole nitrogens is 1. The number of aromatic hydroxyl groups is 2. The molecule has 0 saturated carbocycles. The van der Waals surface area contributed by atoms with E-state index in [0.717, 1.165) is 10.1 Å². The van der Waals surface area contributed by atoms with E-state index < -0.39 is 5.69 Å². The first-order valence-electron chi connectivity index (χ1n) is 6.62. The molecule has 0 saturated heterocycles. The fraction of sp³-hybridized carbons (Fsp3) is 0.0625. The van der Waals surface area contributed by atoms with Crippen LogP contribution in [0.3, 0.4) is 0 Å². The SMILES string of the molecule is O=c1[nH]c(Cc2ccc(O)cc2)c(O)n1-c1ccccc1Cl. The highest BCUT2D eigenvalue weighted by Gasteiger charge is 2.16. The minimum atomic E-state index is -0.459. The lowest BCUT2D eigenvalue weighted by atomic mass is 10.1. The number of imidazole rings is 1. The normalized spacial score (nSPS) is 10.8. The van der Waals surface area contributed by atoms with Crippen LogP contribution in [0.5, 0.6) is 11.6 Å². The van der Waals surface area contributed by atoms with Gasteiger partial charge in [-0.25, -0.2) is 9.36 Å². The van der Waals surface area contributed by atoms with Crippen LogP contribution in [0, 0.1) is 0 Å². The van der Waals surface area contributed by atoms with E-state index in [4.69, 9.17) is 11.6 Å². The largest absolute Gasteiger partial charge is 0.508 e. The van der Waals surface area contributed by atoms with Crippen molar-refractivity contribution in [2.24, 2.45) is 0 Å². The molecule has 6 heteroatoms. The highest BCUT2D eigenvalue weighted by molar-refractivity contribution is 6.32. The number of para-hydroxylation sites is 1. The summed E-state index contributed by atoms with van der Waals surface area (Å²) in [5.74, 6) is -0.0127. The van der Waals surface area contributed by atoms with E-state index >= 15 is 0 Å².